The van der Waals surface area contributed by atoms with Gasteiger partial charge in [-0.15, -0.1) is 0 Å². The van der Waals surface area contributed by atoms with Crippen LogP contribution in [0.1, 0.15) is 32.3 Å². The molecule has 1 rings (SSSR count). The Balaban J connectivity index is 3.37. The number of ether oxygens (including phenoxy) is 1. The van der Waals surface area contributed by atoms with Gasteiger partial charge >= 0.3 is 5.97 Å². The third-order valence-electron chi connectivity index (χ3n) is 3.29. The Kier molecular flexibility index (Phi) is 5.44. The Morgan fingerprint density at radius 3 is 2.60 bits per heavy atom. The van der Waals surface area contributed by atoms with Gasteiger partial charge in [-0.05, 0) is 45.4 Å². The van der Waals surface area contributed by atoms with Crippen molar-refractivity contribution in [3.8, 4) is 0 Å². The molecule has 0 saturated heterocycles. The maximum Gasteiger partial charge on any atom is 0.316 e. The van der Waals surface area contributed by atoms with Gasteiger partial charge in [0.2, 0.25) is 0 Å². The summed E-state index contributed by atoms with van der Waals surface area (Å²) in [5.41, 5.74) is 9.69. The fraction of sp³-hybridized carbons (Fsp3) is 0.500. The number of rotatable bonds is 6. The van der Waals surface area contributed by atoms with Crippen molar-refractivity contribution >= 4 is 11.7 Å². The number of carbonyl (C=O) groups is 1. The second-order valence-electron chi connectivity index (χ2n) is 4.77. The molecule has 1 atom stereocenters. The Hall–Kier alpha value is -1.69. The molecule has 0 heterocycles. The van der Waals surface area contributed by atoms with E-state index in [1.54, 1.807) is 6.92 Å². The van der Waals surface area contributed by atoms with E-state index in [0.29, 0.717) is 13.0 Å². The minimum absolute atomic E-state index is 0.0245. The molecule has 0 saturated carbocycles. The van der Waals surface area contributed by atoms with Crippen molar-refractivity contribution in [1.82, 2.24) is 0 Å². The number of halogens is 2. The van der Waals surface area contributed by atoms with Crippen LogP contribution in [0.2, 0.25) is 0 Å². The van der Waals surface area contributed by atoms with Crippen LogP contribution in [0.3, 0.4) is 0 Å². The highest BCUT2D eigenvalue weighted by molar-refractivity contribution is 5.85. The van der Waals surface area contributed by atoms with Gasteiger partial charge in [0.25, 0.3) is 0 Å². The van der Waals surface area contributed by atoms with Crippen LogP contribution in [0.25, 0.3) is 0 Å². The lowest BCUT2D eigenvalue weighted by Gasteiger charge is -2.29. The summed E-state index contributed by atoms with van der Waals surface area (Å²) < 4.78 is 32.5. The second kappa shape index (κ2) is 6.65. The van der Waals surface area contributed by atoms with E-state index in [1.165, 1.54) is 13.0 Å². The molecule has 0 aliphatic carbocycles. The number of carbonyl (C=O) groups excluding carboxylic acids is 1. The van der Waals surface area contributed by atoms with Gasteiger partial charge < -0.3 is 16.2 Å². The molecule has 4 N–H and O–H groups in total. The maximum atomic E-state index is 14.1. The monoisotopic (exact) mass is 286 g/mol. The first-order valence-corrected chi connectivity index (χ1v) is 6.49. The number of anilines is 1. The van der Waals surface area contributed by atoms with Crippen LogP contribution in [-0.2, 0) is 14.9 Å². The van der Waals surface area contributed by atoms with Crippen LogP contribution >= 0.6 is 0 Å². The van der Waals surface area contributed by atoms with E-state index in [-0.39, 0.29) is 24.3 Å². The Morgan fingerprint density at radius 1 is 1.40 bits per heavy atom. The molecule has 1 aromatic rings. The molecule has 6 heteroatoms. The molecule has 1 unspecified atom stereocenters. The van der Waals surface area contributed by atoms with Gasteiger partial charge in [0, 0.05) is 11.3 Å². The Bertz CT molecular complexity index is 494. The van der Waals surface area contributed by atoms with Gasteiger partial charge in [0.1, 0.15) is 0 Å². The topological polar surface area (TPSA) is 78.3 Å². The van der Waals surface area contributed by atoms with Gasteiger partial charge in [-0.3, -0.25) is 4.79 Å². The Morgan fingerprint density at radius 2 is 2.05 bits per heavy atom. The summed E-state index contributed by atoms with van der Waals surface area (Å²) in [6.45, 7) is 3.61. The van der Waals surface area contributed by atoms with Crippen LogP contribution in [0, 0.1) is 11.6 Å². The molecular weight excluding hydrogens is 266 g/mol. The zero-order valence-electron chi connectivity index (χ0n) is 11.7. The number of nitrogens with two attached hydrogens (primary N) is 2. The fourth-order valence-electron chi connectivity index (χ4n) is 2.20. The molecule has 0 aromatic heterocycles. The van der Waals surface area contributed by atoms with E-state index >= 15 is 0 Å². The van der Waals surface area contributed by atoms with E-state index in [1.807, 2.05) is 0 Å². The van der Waals surface area contributed by atoms with Crippen molar-refractivity contribution in [1.29, 1.82) is 0 Å². The molecular formula is C14H20F2N2O2. The smallest absolute Gasteiger partial charge is 0.316 e. The van der Waals surface area contributed by atoms with Gasteiger partial charge in [0.15, 0.2) is 11.6 Å². The van der Waals surface area contributed by atoms with Crippen LogP contribution in [0.4, 0.5) is 14.5 Å². The molecule has 0 aliphatic rings. The van der Waals surface area contributed by atoms with Crippen molar-refractivity contribution in [3.63, 3.8) is 0 Å². The van der Waals surface area contributed by atoms with Crippen molar-refractivity contribution in [3.05, 3.63) is 29.3 Å². The third-order valence-corrected chi connectivity index (χ3v) is 3.29. The SMILES string of the molecule is CCOC(=O)C(C)(CCCN)c1c(N)ccc(F)c1F. The quantitative estimate of drug-likeness (QED) is 0.620. The van der Waals surface area contributed by atoms with Crippen molar-refractivity contribution in [2.45, 2.75) is 32.1 Å². The average Bonchev–Trinajstić information content (AvgIpc) is 2.41. The number of hydrogen-bond acceptors (Lipinski definition) is 4. The van der Waals surface area contributed by atoms with Crippen LogP contribution in [0.15, 0.2) is 12.1 Å². The highest BCUT2D eigenvalue weighted by Gasteiger charge is 2.40. The van der Waals surface area contributed by atoms with E-state index in [0.717, 1.165) is 6.07 Å². The lowest BCUT2D eigenvalue weighted by molar-refractivity contribution is -0.150. The van der Waals surface area contributed by atoms with Crippen LogP contribution in [-0.4, -0.2) is 19.1 Å². The summed E-state index contributed by atoms with van der Waals surface area (Å²) in [7, 11) is 0. The van der Waals surface area contributed by atoms with Crippen LogP contribution < -0.4 is 11.5 Å². The zero-order valence-corrected chi connectivity index (χ0v) is 11.7. The summed E-state index contributed by atoms with van der Waals surface area (Å²) in [5, 5.41) is 0. The molecule has 0 fully saturated rings. The predicted molar refractivity (Wildman–Crippen MR) is 73.0 cm³/mol. The van der Waals surface area contributed by atoms with Crippen molar-refractivity contribution in [2.75, 3.05) is 18.9 Å². The van der Waals surface area contributed by atoms with E-state index in [9.17, 15) is 13.6 Å². The molecule has 0 radical (unpaired) electrons. The first kappa shape index (κ1) is 16.4. The molecule has 0 amide bonds. The normalized spacial score (nSPS) is 13.8. The number of esters is 1. The second-order valence-corrected chi connectivity index (χ2v) is 4.77. The van der Waals surface area contributed by atoms with E-state index < -0.39 is 23.0 Å². The lowest BCUT2D eigenvalue weighted by atomic mass is 9.77. The number of nitrogen functional groups attached to an aromatic ring is 1. The van der Waals surface area contributed by atoms with Gasteiger partial charge in [-0.1, -0.05) is 0 Å². The maximum absolute atomic E-state index is 14.1. The fourth-order valence-corrected chi connectivity index (χ4v) is 2.20. The Labute approximate surface area is 117 Å². The number of benzene rings is 1. The molecule has 0 aliphatic heterocycles. The minimum atomic E-state index is -1.36. The summed E-state index contributed by atoms with van der Waals surface area (Å²) in [4.78, 5) is 12.2. The van der Waals surface area contributed by atoms with Crippen molar-refractivity contribution < 1.29 is 18.3 Å². The highest BCUT2D eigenvalue weighted by Crippen LogP contribution is 2.37. The summed E-state index contributed by atoms with van der Waals surface area (Å²) in [6.07, 6.45) is 0.692. The van der Waals surface area contributed by atoms with Gasteiger partial charge in [-0.2, -0.15) is 0 Å². The number of hydrogen-bond donors (Lipinski definition) is 2. The van der Waals surface area contributed by atoms with E-state index in [2.05, 4.69) is 0 Å². The summed E-state index contributed by atoms with van der Waals surface area (Å²) in [5.74, 6) is -2.79. The third kappa shape index (κ3) is 3.07. The molecule has 112 valence electrons. The largest absolute Gasteiger partial charge is 0.465 e. The molecule has 1 aromatic carbocycles. The summed E-state index contributed by atoms with van der Waals surface area (Å²) in [6, 6.07) is 2.18. The lowest BCUT2D eigenvalue weighted by Crippen LogP contribution is -2.37. The molecule has 0 spiro atoms. The average molecular weight is 286 g/mol. The van der Waals surface area contributed by atoms with Crippen molar-refractivity contribution in [2.24, 2.45) is 5.73 Å². The van der Waals surface area contributed by atoms with Gasteiger partial charge in [0.05, 0.1) is 12.0 Å². The van der Waals surface area contributed by atoms with Gasteiger partial charge in [-0.25, -0.2) is 8.78 Å². The van der Waals surface area contributed by atoms with E-state index in [4.69, 9.17) is 16.2 Å². The van der Waals surface area contributed by atoms with Crippen LogP contribution in [0.5, 0.6) is 0 Å². The molecule has 20 heavy (non-hydrogen) atoms. The minimum Gasteiger partial charge on any atom is -0.465 e. The first-order valence-electron chi connectivity index (χ1n) is 6.49. The summed E-state index contributed by atoms with van der Waals surface area (Å²) >= 11 is 0. The predicted octanol–water partition coefficient (Wildman–Crippen LogP) is 2.11. The molecule has 4 nitrogen and oxygen atoms in total. The first-order chi connectivity index (χ1) is 9.38. The zero-order chi connectivity index (χ0) is 15.3. The molecule has 0 bridgehead atoms. The highest BCUT2D eigenvalue weighted by atomic mass is 19.2. The standard InChI is InChI=1S/C14H20F2N2O2/c1-3-20-13(19)14(2,7-4-8-17)11-10(18)6-5-9(15)12(11)16/h5-6H,3-4,7-8,17-18H2,1-2H3.